The van der Waals surface area contributed by atoms with Crippen LogP contribution in [-0.4, -0.2) is 30.4 Å². The summed E-state index contributed by atoms with van der Waals surface area (Å²) in [5.41, 5.74) is 4.64. The molecule has 238 valence electrons. The molecule has 0 bridgehead atoms. The van der Waals surface area contributed by atoms with E-state index in [0.717, 1.165) is 61.5 Å². The summed E-state index contributed by atoms with van der Waals surface area (Å²) in [6.45, 7) is 5.91. The third-order valence-electron chi connectivity index (χ3n) is 5.64. The maximum absolute atomic E-state index is 9.75. The van der Waals surface area contributed by atoms with Crippen LogP contribution in [0.15, 0.2) is 97.6 Å². The molecule has 10 heteroatoms. The van der Waals surface area contributed by atoms with Crippen molar-refractivity contribution in [3.8, 4) is 11.5 Å². The molecule has 2 heterocycles. The van der Waals surface area contributed by atoms with Gasteiger partial charge in [-0.1, -0.05) is 75.3 Å². The molecule has 0 amide bonds. The molecule has 0 aliphatic carbocycles. The summed E-state index contributed by atoms with van der Waals surface area (Å²) in [6.07, 6.45) is 20.0. The van der Waals surface area contributed by atoms with E-state index in [0.29, 0.717) is 0 Å². The third-order valence-corrected chi connectivity index (χ3v) is 5.64. The zero-order valence-corrected chi connectivity index (χ0v) is 26.4. The van der Waals surface area contributed by atoms with Crippen molar-refractivity contribution < 1.29 is 49.1 Å². The quantitative estimate of drug-likeness (QED) is 0.0838. The van der Waals surface area contributed by atoms with E-state index < -0.39 is 7.25 Å². The molecule has 4 rings (SSSR count). The van der Waals surface area contributed by atoms with Crippen LogP contribution in [0.4, 0.5) is 17.3 Å². The van der Waals surface area contributed by atoms with E-state index in [1.165, 1.54) is 11.1 Å². The number of benzene rings is 2. The molecule has 4 aromatic rings. The van der Waals surface area contributed by atoms with Gasteiger partial charge in [0, 0.05) is 24.8 Å². The first-order valence-corrected chi connectivity index (χ1v) is 14.3. The van der Waals surface area contributed by atoms with Crippen molar-refractivity contribution in [1.29, 1.82) is 0 Å². The monoisotopic (exact) mass is 700 g/mol. The predicted molar refractivity (Wildman–Crippen MR) is 170 cm³/mol. The van der Waals surface area contributed by atoms with Gasteiger partial charge in [0.25, 0.3) is 0 Å². The molecule has 4 nitrogen and oxygen atoms in total. The van der Waals surface area contributed by atoms with E-state index in [1.54, 1.807) is 24.8 Å². The number of hydrogen-bond acceptors (Lipinski definition) is 4. The van der Waals surface area contributed by atoms with Crippen LogP contribution in [0.25, 0.3) is 24.3 Å². The first kappa shape index (κ1) is 38.4. The maximum atomic E-state index is 9.75. The Kier molecular flexibility index (Phi) is 19.9. The van der Waals surface area contributed by atoms with Crippen LogP contribution in [0.5, 0.6) is 11.5 Å². The van der Waals surface area contributed by atoms with Crippen LogP contribution < -0.4 is 9.47 Å². The van der Waals surface area contributed by atoms with Gasteiger partial charge >= 0.3 is 29.6 Å². The molecule has 0 N–H and O–H groups in total. The summed E-state index contributed by atoms with van der Waals surface area (Å²) in [4.78, 5) is 7.99. The van der Waals surface area contributed by atoms with Gasteiger partial charge in [-0.25, -0.2) is 0 Å². The van der Waals surface area contributed by atoms with Gasteiger partial charge < -0.3 is 26.7 Å². The zero-order chi connectivity index (χ0) is 31.2. The molecule has 0 radical (unpaired) electrons. The van der Waals surface area contributed by atoms with Crippen molar-refractivity contribution in [2.45, 2.75) is 39.5 Å². The first-order chi connectivity index (χ1) is 20.8. The van der Waals surface area contributed by atoms with E-state index in [9.17, 15) is 17.3 Å². The van der Waals surface area contributed by atoms with Crippen molar-refractivity contribution in [3.63, 3.8) is 0 Å². The van der Waals surface area contributed by atoms with Gasteiger partial charge in [-0.05, 0) is 83.6 Å². The number of pyridine rings is 2. The fourth-order valence-electron chi connectivity index (χ4n) is 3.35. The Morgan fingerprint density at radius 3 is 1.07 bits per heavy atom. The van der Waals surface area contributed by atoms with Gasteiger partial charge in [0.2, 0.25) is 0 Å². The Labute approximate surface area is 273 Å². The van der Waals surface area contributed by atoms with Crippen LogP contribution in [-0.2, 0) is 22.4 Å². The second-order valence-corrected chi connectivity index (χ2v) is 9.26. The molecular formula is C34H38AgBF4N2O2. The largest absolute Gasteiger partial charge is 1.00 e. The fraction of sp³-hybridized carbons (Fsp3) is 0.235. The van der Waals surface area contributed by atoms with Crippen LogP contribution in [0.1, 0.15) is 61.8 Å². The van der Waals surface area contributed by atoms with Crippen LogP contribution >= 0.6 is 0 Å². The van der Waals surface area contributed by atoms with Gasteiger partial charge in [0.05, 0.1) is 13.2 Å². The molecule has 0 aliphatic rings. The molecule has 2 aromatic heterocycles. The Hall–Kier alpha value is -3.65. The first-order valence-electron chi connectivity index (χ1n) is 14.3. The van der Waals surface area contributed by atoms with E-state index in [1.807, 2.05) is 48.5 Å². The average Bonchev–Trinajstić information content (AvgIpc) is 3.01. The minimum atomic E-state index is -6.00. The van der Waals surface area contributed by atoms with E-state index in [2.05, 4.69) is 72.4 Å². The molecule has 0 unspecified atom stereocenters. The van der Waals surface area contributed by atoms with Crippen molar-refractivity contribution >= 4 is 31.6 Å². The standard InChI is InChI=1S/2C17H19NO.Ag.BF4/c2*1-2-3-14-19-17-8-6-15(7-9-17)4-5-16-10-12-18-13-11-16;;2-1(3,4)5/h2*4-13H,2-3,14H2,1H3;;/q;;+1;-1. The summed E-state index contributed by atoms with van der Waals surface area (Å²) in [6, 6.07) is 24.3. The number of aromatic nitrogens is 2. The number of unbranched alkanes of at least 4 members (excludes halogenated alkanes) is 2. The smallest absolute Gasteiger partial charge is 0.494 e. The Morgan fingerprint density at radius 2 is 0.795 bits per heavy atom. The van der Waals surface area contributed by atoms with E-state index in [-0.39, 0.29) is 22.4 Å². The molecule has 0 saturated heterocycles. The van der Waals surface area contributed by atoms with Gasteiger partial charge in [-0.15, -0.1) is 0 Å². The van der Waals surface area contributed by atoms with Crippen molar-refractivity contribution in [2.24, 2.45) is 0 Å². The van der Waals surface area contributed by atoms with Gasteiger partial charge in [-0.3, -0.25) is 9.97 Å². The second-order valence-electron chi connectivity index (χ2n) is 9.26. The fourth-order valence-corrected chi connectivity index (χ4v) is 3.35. The molecule has 44 heavy (non-hydrogen) atoms. The Bertz CT molecular complexity index is 1220. The molecule has 0 atom stereocenters. The van der Waals surface area contributed by atoms with Crippen LogP contribution in [0.3, 0.4) is 0 Å². The van der Waals surface area contributed by atoms with Crippen LogP contribution in [0.2, 0.25) is 0 Å². The average molecular weight is 701 g/mol. The summed E-state index contributed by atoms with van der Waals surface area (Å²) in [5, 5.41) is 0. The number of rotatable bonds is 12. The van der Waals surface area contributed by atoms with Gasteiger partial charge in [0.1, 0.15) is 11.5 Å². The van der Waals surface area contributed by atoms with Gasteiger partial charge in [-0.2, -0.15) is 0 Å². The van der Waals surface area contributed by atoms with Crippen molar-refractivity contribution in [1.82, 2.24) is 9.97 Å². The minimum Gasteiger partial charge on any atom is -0.494 e. The SMILES string of the molecule is CCCCOc1ccc(C=Cc2ccncc2)cc1.CCCCOc1ccc(C=Cc2ccncc2)cc1.F[B-](F)(F)F.[Ag+]. The topological polar surface area (TPSA) is 44.2 Å². The molecule has 0 saturated carbocycles. The van der Waals surface area contributed by atoms with Gasteiger partial charge in [0.15, 0.2) is 0 Å². The predicted octanol–water partition coefficient (Wildman–Crippen LogP) is 10.2. The molecule has 2 aromatic carbocycles. The van der Waals surface area contributed by atoms with E-state index in [4.69, 9.17) is 9.47 Å². The van der Waals surface area contributed by atoms with Crippen molar-refractivity contribution in [3.05, 3.63) is 120 Å². The van der Waals surface area contributed by atoms with Crippen LogP contribution in [0, 0.1) is 0 Å². The maximum Gasteiger partial charge on any atom is 1.00 e. The summed E-state index contributed by atoms with van der Waals surface area (Å²) >= 11 is 0. The third kappa shape index (κ3) is 19.5. The minimum absolute atomic E-state index is 0. The molecule has 0 fully saturated rings. The summed E-state index contributed by atoms with van der Waals surface area (Å²) in [7, 11) is -6.00. The second kappa shape index (κ2) is 22.8. The number of nitrogens with zero attached hydrogens (tertiary/aromatic N) is 2. The Morgan fingerprint density at radius 1 is 0.523 bits per heavy atom. The molecule has 0 aliphatic heterocycles. The normalized spacial score (nSPS) is 10.7. The number of ether oxygens (including phenoxy) is 2. The molecular weight excluding hydrogens is 663 g/mol. The Balaban J connectivity index is 0.000000375. The summed E-state index contributed by atoms with van der Waals surface area (Å²) < 4.78 is 50.3. The molecule has 0 spiro atoms. The van der Waals surface area contributed by atoms with Crippen molar-refractivity contribution in [2.75, 3.05) is 13.2 Å². The summed E-state index contributed by atoms with van der Waals surface area (Å²) in [5.74, 6) is 1.88. The van der Waals surface area contributed by atoms with E-state index >= 15 is 0 Å². The zero-order valence-electron chi connectivity index (χ0n) is 24.9. The number of halogens is 4. The number of hydrogen-bond donors (Lipinski definition) is 0.